The van der Waals surface area contributed by atoms with E-state index in [1.54, 1.807) is 18.2 Å². The molecule has 0 aliphatic carbocycles. The van der Waals surface area contributed by atoms with E-state index in [0.29, 0.717) is 17.3 Å². The number of hydrogen-bond donors (Lipinski definition) is 2. The van der Waals surface area contributed by atoms with Crippen LogP contribution in [0, 0.1) is 0 Å². The minimum Gasteiger partial charge on any atom is -0.326 e. The van der Waals surface area contributed by atoms with Gasteiger partial charge in [0, 0.05) is 23.5 Å². The first kappa shape index (κ1) is 21.3. The highest BCUT2D eigenvalue weighted by Gasteiger charge is 2.15. The Morgan fingerprint density at radius 1 is 0.966 bits per heavy atom. The molecule has 0 aliphatic heterocycles. The summed E-state index contributed by atoms with van der Waals surface area (Å²) in [6.45, 7) is 0.454. The van der Waals surface area contributed by atoms with Gasteiger partial charge in [0.1, 0.15) is 0 Å². The van der Waals surface area contributed by atoms with Gasteiger partial charge in [0.05, 0.1) is 15.5 Å². The quantitative estimate of drug-likeness (QED) is 0.587. The first-order valence-corrected chi connectivity index (χ1v) is 11.2. The monoisotopic (exact) mass is 448 g/mol. The van der Waals surface area contributed by atoms with Crippen molar-refractivity contribution in [3.05, 3.63) is 81.8 Å². The average Bonchev–Trinajstić information content (AvgIpc) is 2.66. The van der Waals surface area contributed by atoms with E-state index >= 15 is 0 Å². The smallest absolute Gasteiger partial charge is 0.257 e. The van der Waals surface area contributed by atoms with Crippen LogP contribution < -0.4 is 11.1 Å². The molecule has 5 nitrogen and oxygen atoms in total. The van der Waals surface area contributed by atoms with Crippen molar-refractivity contribution < 1.29 is 13.2 Å². The molecule has 3 aromatic rings. The van der Waals surface area contributed by atoms with Crippen molar-refractivity contribution in [1.82, 2.24) is 0 Å². The van der Waals surface area contributed by atoms with Crippen molar-refractivity contribution in [1.29, 1.82) is 0 Å². The van der Waals surface area contributed by atoms with Gasteiger partial charge in [0.25, 0.3) is 5.91 Å². The molecule has 0 heterocycles. The predicted octanol–water partition coefficient (Wildman–Crippen LogP) is 4.77. The van der Waals surface area contributed by atoms with Crippen LogP contribution >= 0.6 is 23.2 Å². The van der Waals surface area contributed by atoms with Crippen LogP contribution in [0.15, 0.2) is 65.6 Å². The van der Waals surface area contributed by atoms with Crippen LogP contribution in [0.25, 0.3) is 11.1 Å². The maximum Gasteiger partial charge on any atom is 0.257 e. The summed E-state index contributed by atoms with van der Waals surface area (Å²) in [5.41, 5.74) is 9.04. The molecule has 0 unspecified atom stereocenters. The van der Waals surface area contributed by atoms with Crippen LogP contribution in [0.4, 0.5) is 5.69 Å². The molecule has 3 N–H and O–H groups in total. The van der Waals surface area contributed by atoms with Gasteiger partial charge in [-0.25, -0.2) is 8.42 Å². The number of hydrogen-bond acceptors (Lipinski definition) is 4. The first-order chi connectivity index (χ1) is 13.7. The molecule has 0 saturated heterocycles. The normalized spacial score (nSPS) is 11.3. The Bertz CT molecular complexity index is 1180. The molecule has 0 bridgehead atoms. The third-order valence-electron chi connectivity index (χ3n) is 4.29. The van der Waals surface area contributed by atoms with Crippen LogP contribution in [0.3, 0.4) is 0 Å². The maximum atomic E-state index is 12.6. The molecular formula is C21H18Cl2N2O3S. The van der Waals surface area contributed by atoms with Gasteiger partial charge in [0.15, 0.2) is 9.84 Å². The van der Waals surface area contributed by atoms with Gasteiger partial charge in [-0.3, -0.25) is 4.79 Å². The van der Waals surface area contributed by atoms with Crippen LogP contribution in [-0.2, 0) is 16.4 Å². The van der Waals surface area contributed by atoms with Crippen molar-refractivity contribution in [3.8, 4) is 11.1 Å². The summed E-state index contributed by atoms with van der Waals surface area (Å²) < 4.78 is 23.3. The van der Waals surface area contributed by atoms with E-state index in [0.717, 1.165) is 22.9 Å². The second kappa shape index (κ2) is 8.55. The number of rotatable bonds is 5. The molecule has 1 amide bonds. The number of nitrogens with two attached hydrogens (primary N) is 1. The summed E-state index contributed by atoms with van der Waals surface area (Å²) in [6, 6.07) is 16.9. The van der Waals surface area contributed by atoms with E-state index in [4.69, 9.17) is 28.9 Å². The van der Waals surface area contributed by atoms with Crippen molar-refractivity contribution in [2.45, 2.75) is 11.4 Å². The van der Waals surface area contributed by atoms with Gasteiger partial charge in [0.2, 0.25) is 0 Å². The van der Waals surface area contributed by atoms with Gasteiger partial charge in [-0.1, -0.05) is 47.5 Å². The summed E-state index contributed by atoms with van der Waals surface area (Å²) in [4.78, 5) is 12.7. The Balaban J connectivity index is 1.88. The molecule has 150 valence electrons. The Morgan fingerprint density at radius 3 is 2.24 bits per heavy atom. The van der Waals surface area contributed by atoms with E-state index in [-0.39, 0.29) is 15.5 Å². The van der Waals surface area contributed by atoms with Crippen LogP contribution in [-0.4, -0.2) is 20.6 Å². The van der Waals surface area contributed by atoms with Gasteiger partial charge >= 0.3 is 0 Å². The highest BCUT2D eigenvalue weighted by Crippen LogP contribution is 2.29. The molecule has 0 spiro atoms. The fourth-order valence-electron chi connectivity index (χ4n) is 2.77. The van der Waals surface area contributed by atoms with Crippen molar-refractivity contribution in [3.63, 3.8) is 0 Å². The SMILES string of the molecule is CS(=O)(=O)c1ccc(C(=O)Nc2cc(Cl)cc(-c3ccc(CN)cc3)c2)c(Cl)c1. The molecule has 0 fully saturated rings. The summed E-state index contributed by atoms with van der Waals surface area (Å²) in [7, 11) is -3.42. The fraction of sp³-hybridized carbons (Fsp3) is 0.0952. The Kier molecular flexibility index (Phi) is 6.29. The number of carbonyl (C=O) groups is 1. The topological polar surface area (TPSA) is 89.3 Å². The van der Waals surface area contributed by atoms with Gasteiger partial charge in [-0.2, -0.15) is 0 Å². The highest BCUT2D eigenvalue weighted by molar-refractivity contribution is 7.90. The lowest BCUT2D eigenvalue weighted by Gasteiger charge is -2.11. The minimum absolute atomic E-state index is 0.0463. The molecule has 0 atom stereocenters. The standard InChI is InChI=1S/C21H18Cl2N2O3S/c1-29(27,28)18-6-7-19(20(23)11-18)21(26)25-17-9-15(8-16(22)10-17)14-4-2-13(12-24)3-5-14/h2-11H,12,24H2,1H3,(H,25,26). The Hall–Kier alpha value is -2.38. The number of nitrogens with one attached hydrogen (secondary N) is 1. The third-order valence-corrected chi connectivity index (χ3v) is 5.93. The summed E-state index contributed by atoms with van der Waals surface area (Å²) in [6.07, 6.45) is 1.08. The third kappa shape index (κ3) is 5.16. The zero-order chi connectivity index (χ0) is 21.2. The lowest BCUT2D eigenvalue weighted by Crippen LogP contribution is -2.13. The second-order valence-electron chi connectivity index (χ2n) is 6.50. The van der Waals surface area contributed by atoms with Gasteiger partial charge in [-0.15, -0.1) is 0 Å². The average molecular weight is 449 g/mol. The number of sulfone groups is 1. The Labute approximate surface area is 179 Å². The van der Waals surface area contributed by atoms with Crippen molar-refractivity contribution >= 4 is 44.6 Å². The molecule has 8 heteroatoms. The van der Waals surface area contributed by atoms with E-state index in [9.17, 15) is 13.2 Å². The highest BCUT2D eigenvalue weighted by atomic mass is 35.5. The van der Waals surface area contributed by atoms with Crippen LogP contribution in [0.2, 0.25) is 10.0 Å². The summed E-state index contributed by atoms with van der Waals surface area (Å²) >= 11 is 12.3. The molecule has 0 radical (unpaired) electrons. The van der Waals surface area contributed by atoms with E-state index in [2.05, 4.69) is 5.32 Å². The number of anilines is 1. The summed E-state index contributed by atoms with van der Waals surface area (Å²) in [5, 5.41) is 3.26. The van der Waals surface area contributed by atoms with Crippen LogP contribution in [0.1, 0.15) is 15.9 Å². The Morgan fingerprint density at radius 2 is 1.66 bits per heavy atom. The fourth-order valence-corrected chi connectivity index (χ4v) is 3.98. The van der Waals surface area contributed by atoms with E-state index in [1.807, 2.05) is 24.3 Å². The minimum atomic E-state index is -3.42. The number of benzene rings is 3. The molecule has 0 aliphatic rings. The number of amides is 1. The van der Waals surface area contributed by atoms with E-state index < -0.39 is 15.7 Å². The molecule has 3 rings (SSSR count). The van der Waals surface area contributed by atoms with E-state index in [1.165, 1.54) is 18.2 Å². The van der Waals surface area contributed by atoms with Gasteiger partial charge < -0.3 is 11.1 Å². The molecule has 3 aromatic carbocycles. The zero-order valence-corrected chi connectivity index (χ0v) is 17.8. The second-order valence-corrected chi connectivity index (χ2v) is 9.36. The molecular weight excluding hydrogens is 431 g/mol. The molecule has 0 aromatic heterocycles. The molecule has 0 saturated carbocycles. The first-order valence-electron chi connectivity index (χ1n) is 8.58. The van der Waals surface area contributed by atoms with Gasteiger partial charge in [-0.05, 0) is 53.1 Å². The van der Waals surface area contributed by atoms with Crippen molar-refractivity contribution in [2.75, 3.05) is 11.6 Å². The molecule has 29 heavy (non-hydrogen) atoms. The lowest BCUT2D eigenvalue weighted by atomic mass is 10.0. The number of halogens is 2. The maximum absolute atomic E-state index is 12.6. The van der Waals surface area contributed by atoms with Crippen LogP contribution in [0.5, 0.6) is 0 Å². The van der Waals surface area contributed by atoms with Crippen molar-refractivity contribution in [2.24, 2.45) is 5.73 Å². The largest absolute Gasteiger partial charge is 0.326 e. The lowest BCUT2D eigenvalue weighted by molar-refractivity contribution is 0.102. The predicted molar refractivity (Wildman–Crippen MR) is 117 cm³/mol. The summed E-state index contributed by atoms with van der Waals surface area (Å²) in [5.74, 6) is -0.471. The number of carbonyl (C=O) groups excluding carboxylic acids is 1. The zero-order valence-electron chi connectivity index (χ0n) is 15.4.